The van der Waals surface area contributed by atoms with Crippen LogP contribution < -0.4 is 4.74 Å². The number of ether oxygens (including phenoxy) is 1. The van der Waals surface area contributed by atoms with Crippen molar-refractivity contribution < 1.29 is 13.2 Å². The minimum absolute atomic E-state index is 0.0220. The zero-order valence-electron chi connectivity index (χ0n) is 15.2. The van der Waals surface area contributed by atoms with E-state index in [0.29, 0.717) is 25.4 Å². The summed E-state index contributed by atoms with van der Waals surface area (Å²) in [5, 5.41) is 1.05. The summed E-state index contributed by atoms with van der Waals surface area (Å²) in [7, 11) is -3.35. The quantitative estimate of drug-likeness (QED) is 0.677. The Balaban J connectivity index is 1.42. The van der Waals surface area contributed by atoms with Crippen LogP contribution in [0, 0.1) is 6.92 Å². The van der Waals surface area contributed by atoms with E-state index in [0.717, 1.165) is 22.0 Å². The Morgan fingerprint density at radius 1 is 1.07 bits per heavy atom. The van der Waals surface area contributed by atoms with E-state index in [1.165, 1.54) is 4.31 Å². The standard InChI is InChI=1S/C21H22N2O3S/c1-16-6-8-17(9-7-16)15-27(24,25)23-13-12-19(14-23)26-21-11-10-18-4-2-3-5-20(18)22-21/h2-11,19H,12-15H2,1H3. The van der Waals surface area contributed by atoms with Crippen LogP contribution in [0.2, 0.25) is 0 Å². The van der Waals surface area contributed by atoms with Crippen LogP contribution in [0.5, 0.6) is 5.88 Å². The van der Waals surface area contributed by atoms with Crippen molar-refractivity contribution in [1.82, 2.24) is 9.29 Å². The Bertz CT molecular complexity index is 1050. The molecule has 0 radical (unpaired) electrons. The molecule has 0 bridgehead atoms. The molecule has 4 rings (SSSR count). The zero-order valence-corrected chi connectivity index (χ0v) is 16.0. The van der Waals surface area contributed by atoms with E-state index in [-0.39, 0.29) is 11.9 Å². The molecule has 1 unspecified atom stereocenters. The maximum atomic E-state index is 12.7. The third-order valence-electron chi connectivity index (χ3n) is 4.83. The van der Waals surface area contributed by atoms with Crippen LogP contribution in [0.4, 0.5) is 0 Å². The minimum atomic E-state index is -3.35. The van der Waals surface area contributed by atoms with Crippen LogP contribution in [0.25, 0.3) is 10.9 Å². The molecule has 140 valence electrons. The molecule has 0 N–H and O–H groups in total. The predicted molar refractivity (Wildman–Crippen MR) is 106 cm³/mol. The van der Waals surface area contributed by atoms with Gasteiger partial charge in [-0.25, -0.2) is 13.4 Å². The first-order valence-electron chi connectivity index (χ1n) is 9.05. The average Bonchev–Trinajstić information content (AvgIpc) is 3.13. The second-order valence-electron chi connectivity index (χ2n) is 6.97. The van der Waals surface area contributed by atoms with Gasteiger partial charge in [-0.3, -0.25) is 0 Å². The van der Waals surface area contributed by atoms with E-state index in [1.807, 2.05) is 67.6 Å². The molecule has 0 saturated carbocycles. The molecule has 1 aliphatic heterocycles. The van der Waals surface area contributed by atoms with Crippen molar-refractivity contribution in [1.29, 1.82) is 0 Å². The van der Waals surface area contributed by atoms with Crippen molar-refractivity contribution in [2.24, 2.45) is 0 Å². The van der Waals surface area contributed by atoms with E-state index in [1.54, 1.807) is 0 Å². The number of aryl methyl sites for hydroxylation is 1. The fourth-order valence-corrected chi connectivity index (χ4v) is 4.89. The minimum Gasteiger partial charge on any atom is -0.473 e. The highest BCUT2D eigenvalue weighted by molar-refractivity contribution is 7.88. The molecule has 1 saturated heterocycles. The normalized spacial score (nSPS) is 18.0. The summed E-state index contributed by atoms with van der Waals surface area (Å²) in [4.78, 5) is 4.51. The van der Waals surface area contributed by atoms with Crippen molar-refractivity contribution in [3.8, 4) is 5.88 Å². The number of sulfonamides is 1. The van der Waals surface area contributed by atoms with Crippen LogP contribution in [-0.2, 0) is 15.8 Å². The SMILES string of the molecule is Cc1ccc(CS(=O)(=O)N2CCC(Oc3ccc4ccccc4n3)C2)cc1. The van der Waals surface area contributed by atoms with Crippen molar-refractivity contribution in [3.63, 3.8) is 0 Å². The Morgan fingerprint density at radius 3 is 2.67 bits per heavy atom. The van der Waals surface area contributed by atoms with E-state index in [9.17, 15) is 8.42 Å². The fraction of sp³-hybridized carbons (Fsp3) is 0.286. The number of rotatable bonds is 5. The Labute approximate surface area is 159 Å². The lowest BCUT2D eigenvalue weighted by atomic mass is 10.2. The lowest BCUT2D eigenvalue weighted by Crippen LogP contribution is -2.32. The van der Waals surface area contributed by atoms with Gasteiger partial charge in [-0.1, -0.05) is 48.0 Å². The van der Waals surface area contributed by atoms with Gasteiger partial charge in [0.1, 0.15) is 6.10 Å². The van der Waals surface area contributed by atoms with E-state index >= 15 is 0 Å². The largest absolute Gasteiger partial charge is 0.473 e. The second-order valence-corrected chi connectivity index (χ2v) is 8.94. The first kappa shape index (κ1) is 17.9. The summed E-state index contributed by atoms with van der Waals surface area (Å²) < 4.78 is 32.9. The van der Waals surface area contributed by atoms with Crippen LogP contribution in [0.15, 0.2) is 60.7 Å². The molecule has 27 heavy (non-hydrogen) atoms. The lowest BCUT2D eigenvalue weighted by molar-refractivity contribution is 0.207. The van der Waals surface area contributed by atoms with Gasteiger partial charge in [0.15, 0.2) is 0 Å². The van der Waals surface area contributed by atoms with E-state index < -0.39 is 10.0 Å². The molecule has 0 amide bonds. The number of fused-ring (bicyclic) bond motifs is 1. The molecule has 2 heterocycles. The van der Waals surface area contributed by atoms with Gasteiger partial charge in [0.25, 0.3) is 0 Å². The summed E-state index contributed by atoms with van der Waals surface area (Å²) in [6.45, 7) is 2.83. The first-order valence-corrected chi connectivity index (χ1v) is 10.7. The third-order valence-corrected chi connectivity index (χ3v) is 6.65. The zero-order chi connectivity index (χ0) is 18.9. The number of hydrogen-bond donors (Lipinski definition) is 0. The summed E-state index contributed by atoms with van der Waals surface area (Å²) in [6.07, 6.45) is 0.494. The summed E-state index contributed by atoms with van der Waals surface area (Å²) >= 11 is 0. The molecule has 0 aliphatic carbocycles. The third kappa shape index (κ3) is 4.12. The van der Waals surface area contributed by atoms with E-state index in [4.69, 9.17) is 4.74 Å². The van der Waals surface area contributed by atoms with Crippen LogP contribution in [0.1, 0.15) is 17.5 Å². The molecule has 3 aromatic rings. The maximum absolute atomic E-state index is 12.7. The smallest absolute Gasteiger partial charge is 0.218 e. The summed E-state index contributed by atoms with van der Waals surface area (Å²) in [5.74, 6) is 0.560. The number of benzene rings is 2. The molecular formula is C21H22N2O3S. The number of pyridine rings is 1. The van der Waals surface area contributed by atoms with Gasteiger partial charge in [0.2, 0.25) is 15.9 Å². The summed E-state index contributed by atoms with van der Waals surface area (Å²) in [6, 6.07) is 19.3. The highest BCUT2D eigenvalue weighted by atomic mass is 32.2. The molecular weight excluding hydrogens is 360 g/mol. The highest BCUT2D eigenvalue weighted by Gasteiger charge is 2.32. The Kier molecular flexibility index (Phi) is 4.85. The lowest BCUT2D eigenvalue weighted by Gasteiger charge is -2.17. The topological polar surface area (TPSA) is 59.5 Å². The molecule has 1 fully saturated rings. The van der Waals surface area contributed by atoms with Gasteiger partial charge < -0.3 is 4.74 Å². The van der Waals surface area contributed by atoms with Crippen molar-refractivity contribution in [2.75, 3.05) is 13.1 Å². The number of nitrogens with zero attached hydrogens (tertiary/aromatic N) is 2. The predicted octanol–water partition coefficient (Wildman–Crippen LogP) is 3.53. The van der Waals surface area contributed by atoms with Gasteiger partial charge in [0, 0.05) is 18.0 Å². The van der Waals surface area contributed by atoms with Gasteiger partial charge in [-0.05, 0) is 31.0 Å². The Morgan fingerprint density at radius 2 is 1.85 bits per heavy atom. The molecule has 0 spiro atoms. The van der Waals surface area contributed by atoms with Crippen LogP contribution >= 0.6 is 0 Å². The molecule has 1 aliphatic rings. The van der Waals surface area contributed by atoms with Crippen LogP contribution in [-0.4, -0.2) is 36.9 Å². The monoisotopic (exact) mass is 382 g/mol. The number of hydrogen-bond acceptors (Lipinski definition) is 4. The van der Waals surface area contributed by atoms with Gasteiger partial charge in [0.05, 0.1) is 17.8 Å². The average molecular weight is 382 g/mol. The van der Waals surface area contributed by atoms with Crippen molar-refractivity contribution in [2.45, 2.75) is 25.2 Å². The second kappa shape index (κ2) is 7.29. The number of para-hydroxylation sites is 1. The van der Waals surface area contributed by atoms with E-state index in [2.05, 4.69) is 4.98 Å². The maximum Gasteiger partial charge on any atom is 0.218 e. The first-order chi connectivity index (χ1) is 13.0. The molecule has 5 nitrogen and oxygen atoms in total. The van der Waals surface area contributed by atoms with Gasteiger partial charge in [-0.2, -0.15) is 4.31 Å². The Hall–Kier alpha value is -2.44. The highest BCUT2D eigenvalue weighted by Crippen LogP contribution is 2.23. The molecule has 6 heteroatoms. The molecule has 1 aromatic heterocycles. The van der Waals surface area contributed by atoms with Crippen molar-refractivity contribution >= 4 is 20.9 Å². The van der Waals surface area contributed by atoms with Crippen LogP contribution in [0.3, 0.4) is 0 Å². The van der Waals surface area contributed by atoms with Crippen molar-refractivity contribution in [3.05, 3.63) is 71.8 Å². The summed E-state index contributed by atoms with van der Waals surface area (Å²) in [5.41, 5.74) is 2.80. The fourth-order valence-electron chi connectivity index (χ4n) is 3.32. The number of aromatic nitrogens is 1. The van der Waals surface area contributed by atoms with Gasteiger partial charge in [-0.15, -0.1) is 0 Å². The molecule has 1 atom stereocenters. The van der Waals surface area contributed by atoms with Gasteiger partial charge >= 0.3 is 0 Å². The molecule has 2 aromatic carbocycles.